The standard InChI is InChI=1S/C10H11F4NO/c11-6-1-2-7(8(12)3-6)9(16)4-15-5-10(13)14/h1-3,9-10,15-16H,4-5H2. The zero-order chi connectivity index (χ0) is 12.1. The minimum absolute atomic E-state index is 0.122. The van der Waals surface area contributed by atoms with E-state index in [-0.39, 0.29) is 12.1 Å². The normalized spacial score (nSPS) is 13.1. The molecule has 0 saturated carbocycles. The number of hydrogen-bond acceptors (Lipinski definition) is 2. The predicted octanol–water partition coefficient (Wildman–Crippen LogP) is 1.85. The molecule has 0 radical (unpaired) electrons. The first-order valence-corrected chi connectivity index (χ1v) is 4.62. The van der Waals surface area contributed by atoms with Gasteiger partial charge in [0.25, 0.3) is 6.43 Å². The first kappa shape index (κ1) is 12.9. The van der Waals surface area contributed by atoms with Crippen molar-refractivity contribution in [2.45, 2.75) is 12.5 Å². The van der Waals surface area contributed by atoms with Crippen LogP contribution in [0.2, 0.25) is 0 Å². The van der Waals surface area contributed by atoms with Gasteiger partial charge in [-0.1, -0.05) is 6.07 Å². The van der Waals surface area contributed by atoms with Gasteiger partial charge in [0.1, 0.15) is 11.6 Å². The average molecular weight is 237 g/mol. The molecule has 90 valence electrons. The molecule has 1 unspecified atom stereocenters. The number of hydrogen-bond donors (Lipinski definition) is 2. The lowest BCUT2D eigenvalue weighted by Crippen LogP contribution is -2.26. The largest absolute Gasteiger partial charge is 0.387 e. The molecule has 0 aromatic heterocycles. The molecule has 1 rings (SSSR count). The Kier molecular flexibility index (Phi) is 4.70. The lowest BCUT2D eigenvalue weighted by molar-refractivity contribution is 0.128. The van der Waals surface area contributed by atoms with Crippen LogP contribution in [0.4, 0.5) is 17.6 Å². The minimum Gasteiger partial charge on any atom is -0.387 e. The van der Waals surface area contributed by atoms with E-state index in [1.54, 1.807) is 0 Å². The van der Waals surface area contributed by atoms with Crippen LogP contribution in [0.1, 0.15) is 11.7 Å². The monoisotopic (exact) mass is 237 g/mol. The van der Waals surface area contributed by atoms with Crippen LogP contribution in [-0.2, 0) is 0 Å². The van der Waals surface area contributed by atoms with Crippen molar-refractivity contribution in [2.24, 2.45) is 0 Å². The van der Waals surface area contributed by atoms with Gasteiger partial charge in [0, 0.05) is 18.2 Å². The Morgan fingerprint density at radius 3 is 2.44 bits per heavy atom. The lowest BCUT2D eigenvalue weighted by Gasteiger charge is -2.12. The summed E-state index contributed by atoms with van der Waals surface area (Å²) in [5.41, 5.74) is -0.122. The summed E-state index contributed by atoms with van der Waals surface area (Å²) in [5.74, 6) is -1.65. The molecule has 0 aliphatic heterocycles. The third kappa shape index (κ3) is 3.79. The molecule has 0 aliphatic rings. The van der Waals surface area contributed by atoms with E-state index in [0.29, 0.717) is 6.07 Å². The maximum absolute atomic E-state index is 13.1. The van der Waals surface area contributed by atoms with Crippen molar-refractivity contribution in [1.82, 2.24) is 5.32 Å². The van der Waals surface area contributed by atoms with Crippen molar-refractivity contribution in [2.75, 3.05) is 13.1 Å². The first-order valence-electron chi connectivity index (χ1n) is 4.62. The van der Waals surface area contributed by atoms with Crippen LogP contribution >= 0.6 is 0 Å². The predicted molar refractivity (Wildman–Crippen MR) is 50.2 cm³/mol. The molecule has 6 heteroatoms. The molecular formula is C10H11F4NO. The van der Waals surface area contributed by atoms with E-state index in [9.17, 15) is 22.7 Å². The maximum Gasteiger partial charge on any atom is 0.250 e. The average Bonchev–Trinajstić information content (AvgIpc) is 2.16. The second kappa shape index (κ2) is 5.81. The van der Waals surface area contributed by atoms with Crippen molar-refractivity contribution < 1.29 is 22.7 Å². The van der Waals surface area contributed by atoms with Gasteiger partial charge in [0.2, 0.25) is 0 Å². The van der Waals surface area contributed by atoms with Gasteiger partial charge in [-0.2, -0.15) is 0 Å². The van der Waals surface area contributed by atoms with Crippen molar-refractivity contribution in [3.63, 3.8) is 0 Å². The lowest BCUT2D eigenvalue weighted by atomic mass is 10.1. The molecule has 2 nitrogen and oxygen atoms in total. The van der Waals surface area contributed by atoms with Crippen molar-refractivity contribution >= 4 is 0 Å². The summed E-state index contributed by atoms with van der Waals surface area (Å²) in [7, 11) is 0. The second-order valence-electron chi connectivity index (χ2n) is 3.23. The van der Waals surface area contributed by atoms with E-state index < -0.39 is 30.7 Å². The number of alkyl halides is 2. The number of benzene rings is 1. The fourth-order valence-electron chi connectivity index (χ4n) is 1.21. The van der Waals surface area contributed by atoms with E-state index >= 15 is 0 Å². The Morgan fingerprint density at radius 1 is 1.19 bits per heavy atom. The molecule has 16 heavy (non-hydrogen) atoms. The minimum atomic E-state index is -2.54. The second-order valence-corrected chi connectivity index (χ2v) is 3.23. The summed E-state index contributed by atoms with van der Waals surface area (Å²) in [6.07, 6.45) is -3.82. The quantitative estimate of drug-likeness (QED) is 0.766. The highest BCUT2D eigenvalue weighted by Gasteiger charge is 2.13. The Morgan fingerprint density at radius 2 is 1.88 bits per heavy atom. The molecule has 0 spiro atoms. The number of aliphatic hydroxyl groups excluding tert-OH is 1. The Balaban J connectivity index is 2.55. The molecular weight excluding hydrogens is 226 g/mol. The molecule has 1 atom stereocenters. The van der Waals surface area contributed by atoms with E-state index in [2.05, 4.69) is 5.32 Å². The number of aliphatic hydroxyl groups is 1. The fourth-order valence-corrected chi connectivity index (χ4v) is 1.21. The third-order valence-electron chi connectivity index (χ3n) is 1.96. The Bertz CT molecular complexity index is 346. The van der Waals surface area contributed by atoms with E-state index in [1.807, 2.05) is 0 Å². The highest BCUT2D eigenvalue weighted by molar-refractivity contribution is 5.21. The summed E-state index contributed by atoms with van der Waals surface area (Å²) in [6, 6.07) is 2.71. The van der Waals surface area contributed by atoms with Gasteiger partial charge >= 0.3 is 0 Å². The first-order chi connectivity index (χ1) is 7.50. The molecule has 0 amide bonds. The maximum atomic E-state index is 13.1. The number of rotatable bonds is 5. The van der Waals surface area contributed by atoms with Crippen molar-refractivity contribution in [1.29, 1.82) is 0 Å². The summed E-state index contributed by atoms with van der Waals surface area (Å²) in [5, 5.41) is 11.7. The summed E-state index contributed by atoms with van der Waals surface area (Å²) in [4.78, 5) is 0. The van der Waals surface area contributed by atoms with Crippen LogP contribution in [0.3, 0.4) is 0 Å². The molecule has 0 fully saturated rings. The number of nitrogens with one attached hydrogen (secondary N) is 1. The van der Waals surface area contributed by atoms with E-state index in [1.165, 1.54) is 0 Å². The van der Waals surface area contributed by atoms with Gasteiger partial charge < -0.3 is 10.4 Å². The molecule has 1 aromatic carbocycles. The SMILES string of the molecule is OC(CNCC(F)F)c1ccc(F)cc1F. The summed E-state index contributed by atoms with van der Waals surface area (Å²) < 4.78 is 49.1. The van der Waals surface area contributed by atoms with Crippen LogP contribution in [-0.4, -0.2) is 24.6 Å². The van der Waals surface area contributed by atoms with Crippen LogP contribution in [0.5, 0.6) is 0 Å². The van der Waals surface area contributed by atoms with Crippen LogP contribution < -0.4 is 5.32 Å². The van der Waals surface area contributed by atoms with Gasteiger partial charge in [-0.15, -0.1) is 0 Å². The molecule has 1 aromatic rings. The van der Waals surface area contributed by atoms with Gasteiger partial charge in [0.05, 0.1) is 12.6 Å². The number of halogens is 4. The topological polar surface area (TPSA) is 32.3 Å². The molecule has 0 heterocycles. The zero-order valence-corrected chi connectivity index (χ0v) is 8.26. The van der Waals surface area contributed by atoms with Crippen molar-refractivity contribution in [3.8, 4) is 0 Å². The summed E-state index contributed by atoms with van der Waals surface area (Å²) >= 11 is 0. The fraction of sp³-hybridized carbons (Fsp3) is 0.400. The van der Waals surface area contributed by atoms with Gasteiger partial charge in [-0.25, -0.2) is 17.6 Å². The van der Waals surface area contributed by atoms with Gasteiger partial charge in [-0.3, -0.25) is 0 Å². The Hall–Kier alpha value is -1.14. The molecule has 0 bridgehead atoms. The van der Waals surface area contributed by atoms with Gasteiger partial charge in [-0.05, 0) is 6.07 Å². The van der Waals surface area contributed by atoms with E-state index in [4.69, 9.17) is 0 Å². The summed E-state index contributed by atoms with van der Waals surface area (Å²) in [6.45, 7) is -0.799. The highest BCUT2D eigenvalue weighted by atomic mass is 19.3. The Labute approximate surface area is 89.9 Å². The highest BCUT2D eigenvalue weighted by Crippen LogP contribution is 2.17. The van der Waals surface area contributed by atoms with Crippen LogP contribution in [0, 0.1) is 11.6 Å². The smallest absolute Gasteiger partial charge is 0.250 e. The van der Waals surface area contributed by atoms with Crippen LogP contribution in [0.15, 0.2) is 18.2 Å². The van der Waals surface area contributed by atoms with Crippen molar-refractivity contribution in [3.05, 3.63) is 35.4 Å². The molecule has 0 saturated heterocycles. The van der Waals surface area contributed by atoms with E-state index in [0.717, 1.165) is 12.1 Å². The molecule has 2 N–H and O–H groups in total. The van der Waals surface area contributed by atoms with Gasteiger partial charge in [0.15, 0.2) is 0 Å². The third-order valence-corrected chi connectivity index (χ3v) is 1.96. The zero-order valence-electron chi connectivity index (χ0n) is 8.26. The molecule has 0 aliphatic carbocycles. The van der Waals surface area contributed by atoms with Crippen LogP contribution in [0.25, 0.3) is 0 Å².